The molecule has 10 heteroatoms. The zero-order valence-corrected chi connectivity index (χ0v) is 19.6. The number of carbonyl (C=O) groups is 2. The van der Waals surface area contributed by atoms with Crippen molar-refractivity contribution in [2.75, 3.05) is 6.54 Å². The van der Waals surface area contributed by atoms with E-state index in [1.54, 1.807) is 11.7 Å². The summed E-state index contributed by atoms with van der Waals surface area (Å²) in [6, 6.07) is 3.97. The molecule has 2 aromatic rings. The van der Waals surface area contributed by atoms with Crippen LogP contribution in [-0.4, -0.2) is 60.7 Å². The standard InChI is InChI=1S/C24H31N5O5/c1-14-21(34-18-5-3-4-16(11-18)23(30)31)9-8-19(25-14)22-20(28(2)27-26-22)13-33-24(32)29-12-15-6-7-17(29)10-15/h8-9,15-18H,3-7,10-13H2,1-2H3,(H,30,31)/t15?,16-,17+,18-/m0/s1. The molecule has 1 aliphatic heterocycles. The van der Waals surface area contributed by atoms with E-state index in [-0.39, 0.29) is 24.7 Å². The lowest BCUT2D eigenvalue weighted by atomic mass is 9.87. The second-order valence-corrected chi connectivity index (χ2v) is 9.77. The highest BCUT2D eigenvalue weighted by atomic mass is 16.6. The molecule has 3 heterocycles. The molecular weight excluding hydrogens is 438 g/mol. The van der Waals surface area contributed by atoms with Gasteiger partial charge in [0.05, 0.1) is 23.4 Å². The van der Waals surface area contributed by atoms with Crippen LogP contribution in [0.3, 0.4) is 0 Å². The van der Waals surface area contributed by atoms with Gasteiger partial charge in [-0.05, 0) is 69.9 Å². The monoisotopic (exact) mass is 469 g/mol. The Bertz CT molecular complexity index is 1090. The summed E-state index contributed by atoms with van der Waals surface area (Å²) in [6.45, 7) is 2.72. The molecule has 2 bridgehead atoms. The SMILES string of the molecule is Cc1nc(-c2nnn(C)c2COC(=O)N2CC3CC[C@@H]2C3)ccc1O[C@H]1CCC[C@H](C(=O)O)C1. The minimum absolute atomic E-state index is 0.0726. The van der Waals surface area contributed by atoms with Crippen LogP contribution in [0.2, 0.25) is 0 Å². The normalized spacial score (nSPS) is 26.0. The fraction of sp³-hybridized carbons (Fsp3) is 0.625. The van der Waals surface area contributed by atoms with Crippen LogP contribution in [0.4, 0.5) is 4.79 Å². The minimum atomic E-state index is -0.758. The summed E-state index contributed by atoms with van der Waals surface area (Å²) in [5.41, 5.74) is 2.55. The number of carboxylic acid groups (broad SMARTS) is 1. The van der Waals surface area contributed by atoms with Crippen molar-refractivity contribution in [3.63, 3.8) is 0 Å². The van der Waals surface area contributed by atoms with Gasteiger partial charge in [-0.1, -0.05) is 5.21 Å². The number of nitrogens with zero attached hydrogens (tertiary/aromatic N) is 5. The fourth-order valence-corrected chi connectivity index (χ4v) is 5.56. The molecule has 182 valence electrons. The van der Waals surface area contributed by atoms with Crippen LogP contribution in [-0.2, 0) is 23.2 Å². The third kappa shape index (κ3) is 4.45. The number of hydrogen-bond donors (Lipinski definition) is 1. The van der Waals surface area contributed by atoms with E-state index in [0.717, 1.165) is 32.2 Å². The van der Waals surface area contributed by atoms with Gasteiger partial charge in [0.15, 0.2) is 0 Å². The van der Waals surface area contributed by atoms with E-state index >= 15 is 0 Å². The Labute approximate surface area is 198 Å². The number of fused-ring (bicyclic) bond motifs is 2. The molecule has 4 atom stereocenters. The van der Waals surface area contributed by atoms with E-state index in [1.807, 2.05) is 24.0 Å². The van der Waals surface area contributed by atoms with E-state index in [1.165, 1.54) is 6.42 Å². The van der Waals surface area contributed by atoms with Gasteiger partial charge in [-0.15, -0.1) is 5.10 Å². The first-order chi connectivity index (χ1) is 16.4. The van der Waals surface area contributed by atoms with Crippen molar-refractivity contribution in [3.05, 3.63) is 23.5 Å². The summed E-state index contributed by atoms with van der Waals surface area (Å²) < 4.78 is 13.4. The number of aliphatic carboxylic acids is 1. The number of aromatic nitrogens is 4. The summed E-state index contributed by atoms with van der Waals surface area (Å²) in [5, 5.41) is 17.7. The second kappa shape index (κ2) is 9.23. The lowest BCUT2D eigenvalue weighted by molar-refractivity contribution is -0.143. The number of piperidine rings is 1. The Kier molecular flexibility index (Phi) is 6.14. The van der Waals surface area contributed by atoms with Crippen molar-refractivity contribution in [2.24, 2.45) is 18.9 Å². The molecule has 1 amide bonds. The van der Waals surface area contributed by atoms with Crippen LogP contribution >= 0.6 is 0 Å². The molecule has 0 spiro atoms. The minimum Gasteiger partial charge on any atom is -0.489 e. The lowest BCUT2D eigenvalue weighted by Gasteiger charge is -2.27. The second-order valence-electron chi connectivity index (χ2n) is 9.77. The van der Waals surface area contributed by atoms with E-state index in [4.69, 9.17) is 9.47 Å². The van der Waals surface area contributed by atoms with E-state index in [0.29, 0.717) is 53.3 Å². The van der Waals surface area contributed by atoms with Gasteiger partial charge in [0.2, 0.25) is 0 Å². The number of amides is 1. The van der Waals surface area contributed by atoms with Gasteiger partial charge in [-0.2, -0.15) is 0 Å². The summed E-state index contributed by atoms with van der Waals surface area (Å²) in [5.74, 6) is 0.141. The van der Waals surface area contributed by atoms with E-state index in [9.17, 15) is 14.7 Å². The van der Waals surface area contributed by atoms with Gasteiger partial charge in [0.25, 0.3) is 0 Å². The highest BCUT2D eigenvalue weighted by molar-refractivity contribution is 5.70. The third-order valence-corrected chi connectivity index (χ3v) is 7.47. The van der Waals surface area contributed by atoms with E-state index in [2.05, 4.69) is 15.3 Å². The lowest BCUT2D eigenvalue weighted by Crippen LogP contribution is -2.38. The van der Waals surface area contributed by atoms with Crippen molar-refractivity contribution >= 4 is 12.1 Å². The van der Waals surface area contributed by atoms with Crippen LogP contribution in [0.25, 0.3) is 11.4 Å². The number of aryl methyl sites for hydroxylation is 2. The first-order valence-electron chi connectivity index (χ1n) is 12.1. The molecule has 1 saturated heterocycles. The van der Waals surface area contributed by atoms with Crippen molar-refractivity contribution in [1.82, 2.24) is 24.9 Å². The van der Waals surface area contributed by atoms with Crippen molar-refractivity contribution in [1.29, 1.82) is 0 Å². The maximum Gasteiger partial charge on any atom is 0.410 e. The molecule has 1 N–H and O–H groups in total. The molecule has 34 heavy (non-hydrogen) atoms. The maximum atomic E-state index is 12.6. The maximum absolute atomic E-state index is 12.6. The Balaban J connectivity index is 1.26. The summed E-state index contributed by atoms with van der Waals surface area (Å²) in [7, 11) is 1.77. The molecule has 1 unspecified atom stereocenters. The van der Waals surface area contributed by atoms with Crippen LogP contribution in [0.5, 0.6) is 5.75 Å². The number of carbonyl (C=O) groups excluding carboxylic acids is 1. The Morgan fingerprint density at radius 3 is 2.74 bits per heavy atom. The molecular formula is C24H31N5O5. The Morgan fingerprint density at radius 2 is 2.03 bits per heavy atom. The number of likely N-dealkylation sites (tertiary alicyclic amines) is 1. The molecule has 2 aromatic heterocycles. The molecule has 0 radical (unpaired) electrons. The Hall–Kier alpha value is -3.17. The number of hydrogen-bond acceptors (Lipinski definition) is 7. The molecule has 2 saturated carbocycles. The highest BCUT2D eigenvalue weighted by Crippen LogP contribution is 2.38. The molecule has 3 aliphatic rings. The van der Waals surface area contributed by atoms with Gasteiger partial charge in [-0.25, -0.2) is 14.5 Å². The average Bonchev–Trinajstić information content (AvgIpc) is 3.55. The number of carboxylic acids is 1. The summed E-state index contributed by atoms with van der Waals surface area (Å²) >= 11 is 0. The smallest absolute Gasteiger partial charge is 0.410 e. The number of rotatable bonds is 6. The van der Waals surface area contributed by atoms with Gasteiger partial charge in [-0.3, -0.25) is 4.79 Å². The van der Waals surface area contributed by atoms with Crippen LogP contribution < -0.4 is 4.74 Å². The molecule has 5 rings (SSSR count). The van der Waals surface area contributed by atoms with Crippen molar-refractivity contribution in [2.45, 2.75) is 70.6 Å². The zero-order valence-electron chi connectivity index (χ0n) is 19.6. The molecule has 0 aromatic carbocycles. The Morgan fingerprint density at radius 1 is 1.18 bits per heavy atom. The number of ether oxygens (including phenoxy) is 2. The van der Waals surface area contributed by atoms with Gasteiger partial charge in [0.1, 0.15) is 23.7 Å². The van der Waals surface area contributed by atoms with Crippen LogP contribution in [0, 0.1) is 18.8 Å². The zero-order chi connectivity index (χ0) is 23.8. The average molecular weight is 470 g/mol. The van der Waals surface area contributed by atoms with E-state index < -0.39 is 5.97 Å². The highest BCUT2D eigenvalue weighted by Gasteiger charge is 2.41. The quantitative estimate of drug-likeness (QED) is 0.684. The fourth-order valence-electron chi connectivity index (χ4n) is 5.56. The molecule has 2 aliphatic carbocycles. The van der Waals surface area contributed by atoms with Crippen molar-refractivity contribution in [3.8, 4) is 17.1 Å². The van der Waals surface area contributed by atoms with Crippen LogP contribution in [0.1, 0.15) is 56.3 Å². The molecule has 3 fully saturated rings. The first-order valence-corrected chi connectivity index (χ1v) is 12.1. The first kappa shape index (κ1) is 22.6. The van der Waals surface area contributed by atoms with Crippen LogP contribution in [0.15, 0.2) is 12.1 Å². The van der Waals surface area contributed by atoms with Gasteiger partial charge >= 0.3 is 12.1 Å². The third-order valence-electron chi connectivity index (χ3n) is 7.47. The molecule has 10 nitrogen and oxygen atoms in total. The largest absolute Gasteiger partial charge is 0.489 e. The summed E-state index contributed by atoms with van der Waals surface area (Å²) in [4.78, 5) is 30.5. The number of pyridine rings is 1. The predicted molar refractivity (Wildman–Crippen MR) is 121 cm³/mol. The van der Waals surface area contributed by atoms with Gasteiger partial charge < -0.3 is 19.5 Å². The predicted octanol–water partition coefficient (Wildman–Crippen LogP) is 3.33. The topological polar surface area (TPSA) is 120 Å². The van der Waals surface area contributed by atoms with Gasteiger partial charge in [0, 0.05) is 19.6 Å². The summed E-state index contributed by atoms with van der Waals surface area (Å²) in [6.07, 6.45) is 5.83. The van der Waals surface area contributed by atoms with Crippen molar-refractivity contribution < 1.29 is 24.2 Å².